The molecule has 0 saturated heterocycles. The molecule has 0 bridgehead atoms. The Balaban J connectivity index is 2.23. The van der Waals surface area contributed by atoms with Crippen molar-refractivity contribution in [3.05, 3.63) is 12.1 Å². The van der Waals surface area contributed by atoms with Gasteiger partial charge in [-0.25, -0.2) is 0 Å². The first-order valence-electron chi connectivity index (χ1n) is 5.26. The second-order valence-electron chi connectivity index (χ2n) is 4.13. The van der Waals surface area contributed by atoms with Crippen LogP contribution in [0.1, 0.15) is 13.8 Å². The molecule has 82 valence electrons. The van der Waals surface area contributed by atoms with Crippen LogP contribution in [-0.2, 0) is 0 Å². The number of hydrogen-bond donors (Lipinski definition) is 2. The highest BCUT2D eigenvalue weighted by atomic mass is 16.5. The first-order valence-corrected chi connectivity index (χ1v) is 5.26. The third kappa shape index (κ3) is 1.98. The van der Waals surface area contributed by atoms with Gasteiger partial charge in [0.15, 0.2) is 5.82 Å². The number of aromatic nitrogens is 1. The second-order valence-corrected chi connectivity index (χ2v) is 4.13. The first-order chi connectivity index (χ1) is 7.20. The van der Waals surface area contributed by atoms with Crippen molar-refractivity contribution in [2.24, 2.45) is 5.92 Å². The number of methoxy groups -OCH3 is 1. The molecule has 1 atom stereocenters. The number of nitrogens with one attached hydrogen (secondary N) is 2. The fourth-order valence-corrected chi connectivity index (χ4v) is 1.66. The summed E-state index contributed by atoms with van der Waals surface area (Å²) < 4.78 is 5.10. The van der Waals surface area contributed by atoms with Crippen molar-refractivity contribution in [3.63, 3.8) is 0 Å². The molecule has 1 aliphatic rings. The molecule has 0 saturated carbocycles. The third-order valence-electron chi connectivity index (χ3n) is 2.72. The highest BCUT2D eigenvalue weighted by Crippen LogP contribution is 2.27. The summed E-state index contributed by atoms with van der Waals surface area (Å²) in [6.45, 7) is 5.34. The summed E-state index contributed by atoms with van der Waals surface area (Å²) in [6, 6.07) is 4.28. The first kappa shape index (κ1) is 10.1. The van der Waals surface area contributed by atoms with Crippen LogP contribution in [0.5, 0.6) is 5.88 Å². The van der Waals surface area contributed by atoms with Gasteiger partial charge in [-0.3, -0.25) is 0 Å². The minimum absolute atomic E-state index is 0.428. The Labute approximate surface area is 90.0 Å². The number of nitrogens with zero attached hydrogens (tertiary/aromatic N) is 1. The van der Waals surface area contributed by atoms with Crippen LogP contribution in [0.25, 0.3) is 0 Å². The van der Waals surface area contributed by atoms with E-state index in [2.05, 4.69) is 29.5 Å². The smallest absolute Gasteiger partial charge is 0.215 e. The lowest BCUT2D eigenvalue weighted by Gasteiger charge is -2.30. The summed E-state index contributed by atoms with van der Waals surface area (Å²) in [4.78, 5) is 4.37. The van der Waals surface area contributed by atoms with Crippen LogP contribution in [0.3, 0.4) is 0 Å². The molecule has 0 radical (unpaired) electrons. The molecular formula is C11H17N3O. The zero-order valence-corrected chi connectivity index (χ0v) is 9.37. The van der Waals surface area contributed by atoms with Gasteiger partial charge in [0.25, 0.3) is 0 Å². The van der Waals surface area contributed by atoms with Crippen LogP contribution in [-0.4, -0.2) is 24.7 Å². The highest BCUT2D eigenvalue weighted by molar-refractivity contribution is 5.67. The number of ether oxygens (including phenoxy) is 1. The number of rotatable bonds is 2. The van der Waals surface area contributed by atoms with E-state index in [9.17, 15) is 0 Å². The lowest BCUT2D eigenvalue weighted by molar-refractivity contribution is 0.398. The molecule has 0 aliphatic carbocycles. The quantitative estimate of drug-likeness (QED) is 0.778. The van der Waals surface area contributed by atoms with Gasteiger partial charge in [-0.1, -0.05) is 13.8 Å². The number of hydrogen-bond acceptors (Lipinski definition) is 4. The Hall–Kier alpha value is -1.45. The van der Waals surface area contributed by atoms with E-state index in [1.54, 1.807) is 7.11 Å². The minimum Gasteiger partial charge on any atom is -0.481 e. The molecule has 0 fully saturated rings. The maximum Gasteiger partial charge on any atom is 0.215 e. The van der Waals surface area contributed by atoms with Crippen LogP contribution in [0.15, 0.2) is 12.1 Å². The van der Waals surface area contributed by atoms with Gasteiger partial charge >= 0.3 is 0 Å². The van der Waals surface area contributed by atoms with Crippen molar-refractivity contribution in [3.8, 4) is 5.88 Å². The molecule has 0 spiro atoms. The molecule has 2 heterocycles. The SMILES string of the molecule is COc1ccc2c(n1)NC(C(C)C)CN2. The van der Waals surface area contributed by atoms with E-state index < -0.39 is 0 Å². The van der Waals surface area contributed by atoms with Gasteiger partial charge in [-0.2, -0.15) is 4.98 Å². The Morgan fingerprint density at radius 2 is 2.27 bits per heavy atom. The Morgan fingerprint density at radius 3 is 2.93 bits per heavy atom. The Morgan fingerprint density at radius 1 is 1.47 bits per heavy atom. The molecule has 15 heavy (non-hydrogen) atoms. The molecule has 2 N–H and O–H groups in total. The summed E-state index contributed by atoms with van der Waals surface area (Å²) in [6.07, 6.45) is 0. The van der Waals surface area contributed by atoms with Gasteiger partial charge < -0.3 is 15.4 Å². The summed E-state index contributed by atoms with van der Waals surface area (Å²) in [5, 5.41) is 6.78. The summed E-state index contributed by atoms with van der Waals surface area (Å²) in [7, 11) is 1.63. The summed E-state index contributed by atoms with van der Waals surface area (Å²) >= 11 is 0. The molecule has 4 nitrogen and oxygen atoms in total. The highest BCUT2D eigenvalue weighted by Gasteiger charge is 2.20. The monoisotopic (exact) mass is 207 g/mol. The van der Waals surface area contributed by atoms with E-state index in [0.29, 0.717) is 17.8 Å². The van der Waals surface area contributed by atoms with E-state index in [1.165, 1.54) is 0 Å². The lowest BCUT2D eigenvalue weighted by atomic mass is 10.0. The van der Waals surface area contributed by atoms with Gasteiger partial charge in [0, 0.05) is 18.7 Å². The molecule has 1 aromatic heterocycles. The number of fused-ring (bicyclic) bond motifs is 1. The second kappa shape index (κ2) is 3.96. The van der Waals surface area contributed by atoms with Crippen LogP contribution in [0.4, 0.5) is 11.5 Å². The van der Waals surface area contributed by atoms with Crippen molar-refractivity contribution in [1.29, 1.82) is 0 Å². The molecular weight excluding hydrogens is 190 g/mol. The third-order valence-corrected chi connectivity index (χ3v) is 2.72. The fourth-order valence-electron chi connectivity index (χ4n) is 1.66. The van der Waals surface area contributed by atoms with Crippen molar-refractivity contribution in [1.82, 2.24) is 4.98 Å². The standard InChI is InChI=1S/C11H17N3O/c1-7(2)9-6-12-8-4-5-10(15-3)14-11(8)13-9/h4-5,7,9,12H,6H2,1-3H3,(H,13,14). The van der Waals surface area contributed by atoms with Crippen molar-refractivity contribution in [2.45, 2.75) is 19.9 Å². The normalized spacial score (nSPS) is 19.1. The topological polar surface area (TPSA) is 46.2 Å². The minimum atomic E-state index is 0.428. The van der Waals surface area contributed by atoms with Gasteiger partial charge in [0.2, 0.25) is 5.88 Å². The van der Waals surface area contributed by atoms with Gasteiger partial charge in [0.05, 0.1) is 12.8 Å². The van der Waals surface area contributed by atoms with E-state index in [0.717, 1.165) is 18.1 Å². The molecule has 0 aromatic carbocycles. The van der Waals surface area contributed by atoms with Crippen molar-refractivity contribution in [2.75, 3.05) is 24.3 Å². The van der Waals surface area contributed by atoms with E-state index in [1.807, 2.05) is 12.1 Å². The van der Waals surface area contributed by atoms with Crippen molar-refractivity contribution < 1.29 is 4.74 Å². The maximum atomic E-state index is 5.10. The van der Waals surface area contributed by atoms with Gasteiger partial charge in [0.1, 0.15) is 0 Å². The predicted molar refractivity (Wildman–Crippen MR) is 61.5 cm³/mol. The zero-order valence-electron chi connectivity index (χ0n) is 9.37. The van der Waals surface area contributed by atoms with Crippen LogP contribution in [0, 0.1) is 5.92 Å². The molecule has 1 unspecified atom stereocenters. The van der Waals surface area contributed by atoms with Gasteiger partial charge in [-0.05, 0) is 12.0 Å². The van der Waals surface area contributed by atoms with Crippen molar-refractivity contribution >= 4 is 11.5 Å². The largest absolute Gasteiger partial charge is 0.481 e. The molecule has 4 heteroatoms. The maximum absolute atomic E-state index is 5.10. The van der Waals surface area contributed by atoms with Crippen LogP contribution < -0.4 is 15.4 Å². The molecule has 1 aromatic rings. The lowest BCUT2D eigenvalue weighted by Crippen LogP contribution is -2.37. The van der Waals surface area contributed by atoms with E-state index in [4.69, 9.17) is 4.74 Å². The van der Waals surface area contributed by atoms with Crippen LogP contribution >= 0.6 is 0 Å². The molecule has 2 rings (SSSR count). The Bertz CT molecular complexity index is 352. The van der Waals surface area contributed by atoms with E-state index >= 15 is 0 Å². The zero-order chi connectivity index (χ0) is 10.8. The van der Waals surface area contributed by atoms with Crippen LogP contribution in [0.2, 0.25) is 0 Å². The average Bonchev–Trinajstić information content (AvgIpc) is 2.27. The molecule has 0 amide bonds. The predicted octanol–water partition coefficient (Wildman–Crippen LogP) is 1.95. The average molecular weight is 207 g/mol. The number of pyridine rings is 1. The Kier molecular flexibility index (Phi) is 2.66. The number of anilines is 2. The fraction of sp³-hybridized carbons (Fsp3) is 0.545. The summed E-state index contributed by atoms with van der Waals surface area (Å²) in [5.41, 5.74) is 1.05. The van der Waals surface area contributed by atoms with Gasteiger partial charge in [-0.15, -0.1) is 0 Å². The molecule has 1 aliphatic heterocycles. The van der Waals surface area contributed by atoms with E-state index in [-0.39, 0.29) is 0 Å². The summed E-state index contributed by atoms with van der Waals surface area (Å²) in [5.74, 6) is 2.12.